The number of nitrogens with one attached hydrogen (secondary N) is 3. The van der Waals surface area contributed by atoms with Crippen LogP contribution in [0.5, 0.6) is 0 Å². The Balaban J connectivity index is 1.86. The molecule has 0 aliphatic carbocycles. The first-order valence-electron chi connectivity index (χ1n) is 9.27. The molecule has 0 aliphatic rings. The quantitative estimate of drug-likeness (QED) is 0.537. The Morgan fingerprint density at radius 2 is 1.58 bits per heavy atom. The van der Waals surface area contributed by atoms with Gasteiger partial charge in [0.1, 0.15) is 0 Å². The normalized spacial score (nSPS) is 12.8. The van der Waals surface area contributed by atoms with Crippen LogP contribution in [0.4, 0.5) is 13.2 Å². The first-order valence-corrected chi connectivity index (χ1v) is 10.8. The van der Waals surface area contributed by atoms with Gasteiger partial charge in [0.25, 0.3) is 0 Å². The predicted octanol–water partition coefficient (Wildman–Crippen LogP) is 2.19. The molecular weight excluding hydrogens is 435 g/mol. The number of halogens is 3. The minimum Gasteiger partial charge on any atom is -0.354 e. The minimum atomic E-state index is -4.87. The lowest BCUT2D eigenvalue weighted by Gasteiger charge is -2.17. The summed E-state index contributed by atoms with van der Waals surface area (Å²) in [7, 11) is -4.61. The van der Waals surface area contributed by atoms with Crippen LogP contribution in [0.15, 0.2) is 59.5 Å². The van der Waals surface area contributed by atoms with Gasteiger partial charge in [-0.15, -0.1) is 0 Å². The fourth-order valence-corrected chi connectivity index (χ4v) is 4.05. The molecule has 0 heterocycles. The average molecular weight is 457 g/mol. The van der Waals surface area contributed by atoms with Gasteiger partial charge in [-0.1, -0.05) is 42.5 Å². The molecule has 1 atom stereocenters. The van der Waals surface area contributed by atoms with E-state index in [9.17, 15) is 31.2 Å². The van der Waals surface area contributed by atoms with Crippen LogP contribution in [0.1, 0.15) is 24.5 Å². The highest BCUT2D eigenvalue weighted by molar-refractivity contribution is 7.89. The van der Waals surface area contributed by atoms with Crippen LogP contribution in [0.25, 0.3) is 0 Å². The van der Waals surface area contributed by atoms with Gasteiger partial charge in [0.05, 0.1) is 16.5 Å². The molecule has 7 nitrogen and oxygen atoms in total. The van der Waals surface area contributed by atoms with Gasteiger partial charge in [-0.05, 0) is 24.6 Å². The molecule has 0 radical (unpaired) electrons. The molecule has 0 aliphatic heterocycles. The van der Waals surface area contributed by atoms with Gasteiger partial charge < -0.3 is 10.6 Å². The molecule has 0 aromatic heterocycles. The number of sulfonamides is 1. The van der Waals surface area contributed by atoms with E-state index in [0.29, 0.717) is 12.6 Å². The Kier molecular flexibility index (Phi) is 8.17. The highest BCUT2D eigenvalue weighted by atomic mass is 32.2. The zero-order chi connectivity index (χ0) is 23.1. The molecule has 2 aromatic carbocycles. The van der Waals surface area contributed by atoms with E-state index in [1.807, 2.05) is 35.1 Å². The van der Waals surface area contributed by atoms with Gasteiger partial charge in [-0.25, -0.2) is 8.42 Å². The van der Waals surface area contributed by atoms with E-state index in [0.717, 1.165) is 23.8 Å². The summed E-state index contributed by atoms with van der Waals surface area (Å²) in [5, 5.41) is 5.06. The van der Waals surface area contributed by atoms with Gasteiger partial charge in [-0.3, -0.25) is 9.59 Å². The topological polar surface area (TPSA) is 104 Å². The summed E-state index contributed by atoms with van der Waals surface area (Å²) in [6, 6.07) is 11.5. The summed E-state index contributed by atoms with van der Waals surface area (Å²) >= 11 is 0. The van der Waals surface area contributed by atoms with Crippen molar-refractivity contribution >= 4 is 21.8 Å². The van der Waals surface area contributed by atoms with Crippen LogP contribution in [0, 0.1) is 0 Å². The number of hydrogen-bond donors (Lipinski definition) is 3. The molecule has 0 bridgehead atoms. The predicted molar refractivity (Wildman–Crippen MR) is 107 cm³/mol. The van der Waals surface area contributed by atoms with Crippen molar-refractivity contribution in [2.24, 2.45) is 0 Å². The Morgan fingerprint density at radius 1 is 0.968 bits per heavy atom. The molecular formula is C20H22F3N3O4S. The van der Waals surface area contributed by atoms with Crippen molar-refractivity contribution in [1.82, 2.24) is 15.4 Å². The second-order valence-corrected chi connectivity index (χ2v) is 8.32. The van der Waals surface area contributed by atoms with Crippen molar-refractivity contribution in [2.45, 2.75) is 37.0 Å². The van der Waals surface area contributed by atoms with E-state index in [1.165, 1.54) is 6.92 Å². The smallest absolute Gasteiger partial charge is 0.354 e. The van der Waals surface area contributed by atoms with Crippen LogP contribution in [-0.4, -0.2) is 32.8 Å². The summed E-state index contributed by atoms with van der Waals surface area (Å²) in [6.45, 7) is 1.45. The number of hydrogen-bond acceptors (Lipinski definition) is 4. The van der Waals surface area contributed by atoms with E-state index in [1.54, 1.807) is 0 Å². The third-order valence-electron chi connectivity index (χ3n) is 4.19. The first-order chi connectivity index (χ1) is 14.5. The number of carbonyl (C=O) groups is 2. The Morgan fingerprint density at radius 3 is 2.23 bits per heavy atom. The minimum absolute atomic E-state index is 0.0467. The maximum atomic E-state index is 13.1. The Labute approximate surface area is 178 Å². The molecule has 0 spiro atoms. The van der Waals surface area contributed by atoms with Crippen LogP contribution >= 0.6 is 0 Å². The number of amides is 2. The third kappa shape index (κ3) is 7.37. The molecule has 2 aromatic rings. The summed E-state index contributed by atoms with van der Waals surface area (Å²) in [5.41, 5.74) is -0.424. The second kappa shape index (κ2) is 10.4. The van der Waals surface area contributed by atoms with Crippen LogP contribution in [0.3, 0.4) is 0 Å². The van der Waals surface area contributed by atoms with Crippen LogP contribution < -0.4 is 15.4 Å². The maximum Gasteiger partial charge on any atom is 0.417 e. The molecule has 0 saturated heterocycles. The van der Waals surface area contributed by atoms with Crippen molar-refractivity contribution in [2.75, 3.05) is 6.54 Å². The lowest BCUT2D eigenvalue weighted by molar-refractivity contribution is -0.139. The number of alkyl halides is 3. The number of carbonyl (C=O) groups excluding carboxylic acids is 2. The molecule has 2 rings (SSSR count). The van der Waals surface area contributed by atoms with E-state index in [4.69, 9.17) is 0 Å². The lowest BCUT2D eigenvalue weighted by Crippen LogP contribution is -2.45. The van der Waals surface area contributed by atoms with Crippen molar-refractivity contribution in [3.8, 4) is 0 Å². The van der Waals surface area contributed by atoms with Gasteiger partial charge in [-0.2, -0.15) is 17.9 Å². The summed E-state index contributed by atoms with van der Waals surface area (Å²) in [5.74, 6) is -1.10. The van der Waals surface area contributed by atoms with Crippen molar-refractivity contribution < 1.29 is 31.2 Å². The zero-order valence-corrected chi connectivity index (χ0v) is 17.4. The second-order valence-electron chi connectivity index (χ2n) is 6.64. The monoisotopic (exact) mass is 457 g/mol. The molecule has 11 heteroatoms. The molecule has 168 valence electrons. The molecule has 0 unspecified atom stereocenters. The van der Waals surface area contributed by atoms with E-state index in [-0.39, 0.29) is 18.9 Å². The summed E-state index contributed by atoms with van der Waals surface area (Å²) in [4.78, 5) is 23.0. The average Bonchev–Trinajstić information content (AvgIpc) is 2.72. The Bertz CT molecular complexity index is 1010. The third-order valence-corrected chi connectivity index (χ3v) is 5.79. The largest absolute Gasteiger partial charge is 0.417 e. The van der Waals surface area contributed by atoms with Crippen LogP contribution in [-0.2, 0) is 32.3 Å². The SMILES string of the molecule is C[C@H](NS(=O)(=O)c1ccccc1C(F)(F)F)C(=O)NCCC(=O)NCc1ccccc1. The standard InChI is InChI=1S/C20H22F3N3O4S/c1-14(26-31(29,30)17-10-6-5-9-16(17)20(21,22)23)19(28)24-12-11-18(27)25-13-15-7-3-2-4-8-15/h2-10,14,26H,11-13H2,1H3,(H,24,28)(H,25,27)/t14-/m0/s1. The Hall–Kier alpha value is -2.92. The van der Waals surface area contributed by atoms with Crippen LogP contribution in [0.2, 0.25) is 0 Å². The van der Waals surface area contributed by atoms with Crippen molar-refractivity contribution in [3.63, 3.8) is 0 Å². The lowest BCUT2D eigenvalue weighted by atomic mass is 10.2. The van der Waals surface area contributed by atoms with E-state index < -0.39 is 38.6 Å². The van der Waals surface area contributed by atoms with Gasteiger partial charge in [0.15, 0.2) is 0 Å². The number of benzene rings is 2. The molecule has 0 saturated carbocycles. The fourth-order valence-electron chi connectivity index (χ4n) is 2.62. The molecule has 2 amide bonds. The van der Waals surface area contributed by atoms with Crippen molar-refractivity contribution in [3.05, 3.63) is 65.7 Å². The highest BCUT2D eigenvalue weighted by Gasteiger charge is 2.37. The first kappa shape index (κ1) is 24.4. The van der Waals surface area contributed by atoms with Crippen molar-refractivity contribution in [1.29, 1.82) is 0 Å². The van der Waals surface area contributed by atoms with E-state index in [2.05, 4.69) is 10.6 Å². The van der Waals surface area contributed by atoms with Gasteiger partial charge in [0.2, 0.25) is 21.8 Å². The maximum absolute atomic E-state index is 13.1. The fraction of sp³-hybridized carbons (Fsp3) is 0.300. The zero-order valence-electron chi connectivity index (χ0n) is 16.6. The molecule has 0 fully saturated rings. The molecule has 3 N–H and O–H groups in total. The number of rotatable bonds is 9. The van der Waals surface area contributed by atoms with E-state index >= 15 is 0 Å². The highest BCUT2D eigenvalue weighted by Crippen LogP contribution is 2.33. The summed E-state index contributed by atoms with van der Waals surface area (Å²) < 4.78 is 65.9. The summed E-state index contributed by atoms with van der Waals surface area (Å²) in [6.07, 6.45) is -4.92. The van der Waals surface area contributed by atoms with Gasteiger partial charge >= 0.3 is 6.18 Å². The molecule has 31 heavy (non-hydrogen) atoms. The van der Waals surface area contributed by atoms with Gasteiger partial charge in [0, 0.05) is 19.5 Å².